The average Bonchev–Trinajstić information content (AvgIpc) is 3.20. The minimum Gasteiger partial charge on any atom is -0.464 e. The van der Waals surface area contributed by atoms with Gasteiger partial charge in [-0.2, -0.15) is 5.10 Å². The number of para-hydroxylation sites is 1. The molecule has 0 bridgehead atoms. The number of fused-ring (bicyclic) bond motifs is 1. The van der Waals surface area contributed by atoms with Crippen molar-refractivity contribution in [3.63, 3.8) is 0 Å². The first-order valence-corrected chi connectivity index (χ1v) is 9.38. The summed E-state index contributed by atoms with van der Waals surface area (Å²) >= 11 is 3.34. The summed E-state index contributed by atoms with van der Waals surface area (Å²) in [6, 6.07) is 13.3. The molecule has 1 fully saturated rings. The van der Waals surface area contributed by atoms with E-state index in [1.807, 2.05) is 25.1 Å². The van der Waals surface area contributed by atoms with Crippen LogP contribution in [0.1, 0.15) is 5.56 Å². The van der Waals surface area contributed by atoms with Gasteiger partial charge >= 0.3 is 5.97 Å². The number of anilines is 2. The number of halogens is 1. The Morgan fingerprint density at radius 2 is 1.75 bits per heavy atom. The fourth-order valence-corrected chi connectivity index (χ4v) is 3.82. The number of methoxy groups -OCH3 is 1. The van der Waals surface area contributed by atoms with Crippen LogP contribution in [0.3, 0.4) is 0 Å². The van der Waals surface area contributed by atoms with Crippen molar-refractivity contribution in [2.45, 2.75) is 13.0 Å². The van der Waals surface area contributed by atoms with E-state index >= 15 is 0 Å². The van der Waals surface area contributed by atoms with Crippen molar-refractivity contribution in [1.29, 1.82) is 0 Å². The number of hydrazone groups is 1. The van der Waals surface area contributed by atoms with Gasteiger partial charge in [-0.15, -0.1) is 0 Å². The number of aryl methyl sites for hydroxylation is 1. The Balaban J connectivity index is 1.82. The van der Waals surface area contributed by atoms with E-state index in [9.17, 15) is 14.4 Å². The van der Waals surface area contributed by atoms with Gasteiger partial charge in [-0.05, 0) is 42.8 Å². The Morgan fingerprint density at radius 1 is 1.07 bits per heavy atom. The van der Waals surface area contributed by atoms with Gasteiger partial charge in [-0.1, -0.05) is 34.1 Å². The van der Waals surface area contributed by atoms with E-state index in [-0.39, 0.29) is 5.71 Å². The van der Waals surface area contributed by atoms with E-state index in [1.165, 1.54) is 12.1 Å². The van der Waals surface area contributed by atoms with Gasteiger partial charge in [0.15, 0.2) is 5.71 Å². The van der Waals surface area contributed by atoms with Crippen LogP contribution in [-0.4, -0.2) is 36.6 Å². The molecule has 2 atom stereocenters. The smallest absolute Gasteiger partial charge is 0.355 e. The van der Waals surface area contributed by atoms with Crippen molar-refractivity contribution in [1.82, 2.24) is 0 Å². The van der Waals surface area contributed by atoms with Crippen LogP contribution in [0.25, 0.3) is 0 Å². The quantitative estimate of drug-likeness (QED) is 0.540. The molecule has 2 aliphatic rings. The molecule has 4 rings (SSSR count). The zero-order chi connectivity index (χ0) is 20.0. The highest BCUT2D eigenvalue weighted by Crippen LogP contribution is 2.39. The van der Waals surface area contributed by atoms with E-state index in [0.29, 0.717) is 11.4 Å². The summed E-state index contributed by atoms with van der Waals surface area (Å²) in [5.74, 6) is -2.64. The van der Waals surface area contributed by atoms with Crippen LogP contribution >= 0.6 is 15.9 Å². The number of carbonyl (C=O) groups excluding carboxylic acids is 3. The number of esters is 1. The maximum atomic E-state index is 13.3. The molecule has 0 aromatic heterocycles. The predicted octanol–water partition coefficient (Wildman–Crippen LogP) is 2.66. The molecule has 2 aromatic rings. The molecule has 0 N–H and O–H groups in total. The molecule has 2 heterocycles. The summed E-state index contributed by atoms with van der Waals surface area (Å²) in [5, 5.41) is 5.78. The molecule has 0 spiro atoms. The second kappa shape index (κ2) is 6.87. The Hall–Kier alpha value is -3.00. The normalized spacial score (nSPS) is 21.0. The minimum atomic E-state index is -1.01. The zero-order valence-electron chi connectivity index (χ0n) is 15.1. The van der Waals surface area contributed by atoms with Crippen LogP contribution in [-0.2, 0) is 19.1 Å². The highest BCUT2D eigenvalue weighted by atomic mass is 79.9. The van der Waals surface area contributed by atoms with Gasteiger partial charge in [0.1, 0.15) is 12.0 Å². The lowest BCUT2D eigenvalue weighted by Gasteiger charge is -2.23. The molecule has 1 saturated heterocycles. The fraction of sp³-hybridized carbons (Fsp3) is 0.200. The lowest BCUT2D eigenvalue weighted by atomic mass is 9.97. The first kappa shape index (κ1) is 18.4. The first-order valence-electron chi connectivity index (χ1n) is 8.59. The summed E-state index contributed by atoms with van der Waals surface area (Å²) in [6.07, 6.45) is 0. The molecule has 0 aliphatic carbocycles. The van der Waals surface area contributed by atoms with E-state index in [1.54, 1.807) is 30.3 Å². The molecular formula is C20H16BrN3O4. The number of amides is 2. The topological polar surface area (TPSA) is 79.3 Å². The van der Waals surface area contributed by atoms with E-state index in [0.717, 1.165) is 14.9 Å². The van der Waals surface area contributed by atoms with Crippen LogP contribution in [0.4, 0.5) is 11.4 Å². The third-order valence-electron chi connectivity index (χ3n) is 4.89. The molecule has 0 saturated carbocycles. The number of carbonyl (C=O) groups is 3. The summed E-state index contributed by atoms with van der Waals surface area (Å²) in [4.78, 5) is 39.8. The van der Waals surface area contributed by atoms with Crippen LogP contribution < -0.4 is 9.91 Å². The van der Waals surface area contributed by atoms with Crippen molar-refractivity contribution < 1.29 is 19.1 Å². The number of nitrogens with zero attached hydrogens (tertiary/aromatic N) is 3. The summed E-state index contributed by atoms with van der Waals surface area (Å²) in [5.41, 5.74) is 1.92. The Morgan fingerprint density at radius 3 is 2.39 bits per heavy atom. The van der Waals surface area contributed by atoms with Crippen LogP contribution in [0.15, 0.2) is 58.1 Å². The van der Waals surface area contributed by atoms with Crippen molar-refractivity contribution in [2.75, 3.05) is 17.0 Å². The second-order valence-electron chi connectivity index (χ2n) is 6.52. The molecule has 142 valence electrons. The van der Waals surface area contributed by atoms with E-state index in [2.05, 4.69) is 21.0 Å². The lowest BCUT2D eigenvalue weighted by molar-refractivity contribution is -0.133. The van der Waals surface area contributed by atoms with Crippen molar-refractivity contribution >= 4 is 50.8 Å². The SMILES string of the molecule is COC(=O)C1=NN(c2ccccc2C)[C@@H]2C(=O)N(c3ccc(Br)cc3)C(=O)[C@H]12. The maximum Gasteiger partial charge on any atom is 0.355 e. The number of rotatable bonds is 3. The molecule has 28 heavy (non-hydrogen) atoms. The molecular weight excluding hydrogens is 426 g/mol. The van der Waals surface area contributed by atoms with Crippen molar-refractivity contribution in [3.8, 4) is 0 Å². The van der Waals surface area contributed by atoms with Gasteiger partial charge in [0.25, 0.3) is 5.91 Å². The number of hydrogen-bond acceptors (Lipinski definition) is 6. The van der Waals surface area contributed by atoms with Gasteiger partial charge in [-0.25, -0.2) is 9.69 Å². The maximum absolute atomic E-state index is 13.3. The molecule has 2 amide bonds. The Kier molecular flexibility index (Phi) is 4.50. The number of hydrogen-bond donors (Lipinski definition) is 0. The molecule has 8 heteroatoms. The number of ether oxygens (including phenoxy) is 1. The minimum absolute atomic E-state index is 0.0614. The molecule has 2 aliphatic heterocycles. The Labute approximate surface area is 169 Å². The van der Waals surface area contributed by atoms with Crippen LogP contribution in [0.5, 0.6) is 0 Å². The summed E-state index contributed by atoms with van der Waals surface area (Å²) in [7, 11) is 1.23. The average molecular weight is 442 g/mol. The summed E-state index contributed by atoms with van der Waals surface area (Å²) < 4.78 is 5.64. The highest BCUT2D eigenvalue weighted by molar-refractivity contribution is 9.10. The number of imide groups is 1. The predicted molar refractivity (Wildman–Crippen MR) is 107 cm³/mol. The van der Waals surface area contributed by atoms with Crippen molar-refractivity contribution in [2.24, 2.45) is 11.0 Å². The van der Waals surface area contributed by atoms with Gasteiger partial charge in [-0.3, -0.25) is 14.6 Å². The lowest BCUT2D eigenvalue weighted by Crippen LogP contribution is -2.39. The van der Waals surface area contributed by atoms with Crippen molar-refractivity contribution in [3.05, 3.63) is 58.6 Å². The monoisotopic (exact) mass is 441 g/mol. The molecule has 2 aromatic carbocycles. The van der Waals surface area contributed by atoms with Gasteiger partial charge in [0, 0.05) is 4.47 Å². The summed E-state index contributed by atoms with van der Waals surface area (Å²) in [6.45, 7) is 1.88. The second-order valence-corrected chi connectivity index (χ2v) is 7.43. The molecule has 7 nitrogen and oxygen atoms in total. The fourth-order valence-electron chi connectivity index (χ4n) is 3.55. The third kappa shape index (κ3) is 2.72. The highest BCUT2D eigenvalue weighted by Gasteiger charge is 2.59. The third-order valence-corrected chi connectivity index (χ3v) is 5.42. The largest absolute Gasteiger partial charge is 0.464 e. The molecule has 0 unspecified atom stereocenters. The standard InChI is InChI=1S/C20H16BrN3O4/c1-11-5-3-4-6-14(11)24-17-15(16(22-24)20(27)28-2)18(25)23(19(17)26)13-9-7-12(21)8-10-13/h3-10,15,17H,1-2H3/t15-,17+/m1/s1. The van der Waals surface area contributed by atoms with Gasteiger partial charge in [0.05, 0.1) is 18.5 Å². The number of benzene rings is 2. The van der Waals surface area contributed by atoms with Gasteiger partial charge in [0.2, 0.25) is 5.91 Å². The zero-order valence-corrected chi connectivity index (χ0v) is 16.7. The van der Waals surface area contributed by atoms with Crippen LogP contribution in [0.2, 0.25) is 0 Å². The molecule has 0 radical (unpaired) electrons. The first-order chi connectivity index (χ1) is 13.4. The van der Waals surface area contributed by atoms with E-state index in [4.69, 9.17) is 4.74 Å². The van der Waals surface area contributed by atoms with Gasteiger partial charge < -0.3 is 4.74 Å². The Bertz CT molecular complexity index is 1020. The van der Waals surface area contributed by atoms with Crippen LogP contribution in [0, 0.1) is 12.8 Å². The van der Waals surface area contributed by atoms with E-state index < -0.39 is 29.7 Å².